The van der Waals surface area contributed by atoms with Gasteiger partial charge in [-0.3, -0.25) is 4.57 Å². The van der Waals surface area contributed by atoms with Crippen molar-refractivity contribution in [2.24, 2.45) is 0 Å². The molecule has 0 saturated heterocycles. The summed E-state index contributed by atoms with van der Waals surface area (Å²) in [6.07, 6.45) is 0. The van der Waals surface area contributed by atoms with Crippen molar-refractivity contribution in [3.8, 4) is 6.01 Å². The van der Waals surface area contributed by atoms with Crippen LogP contribution >= 0.6 is 15.9 Å². The third-order valence-corrected chi connectivity index (χ3v) is 2.62. The van der Waals surface area contributed by atoms with E-state index in [4.69, 9.17) is 4.74 Å². The first-order chi connectivity index (χ1) is 7.31. The first-order valence-corrected chi connectivity index (χ1v) is 5.27. The van der Waals surface area contributed by atoms with Crippen LogP contribution in [-0.2, 0) is 6.54 Å². The largest absolute Gasteiger partial charge is 0.467 e. The SMILES string of the molecule is COc1nnc(Br)n1Cc1ccccc1. The Bertz CT molecular complexity index is 441. The van der Waals surface area contributed by atoms with Crippen molar-refractivity contribution in [3.63, 3.8) is 0 Å². The fourth-order valence-corrected chi connectivity index (χ4v) is 1.68. The molecule has 0 radical (unpaired) electrons. The number of benzene rings is 1. The molecule has 1 aromatic heterocycles. The maximum Gasteiger partial charge on any atom is 0.317 e. The highest BCUT2D eigenvalue weighted by atomic mass is 79.9. The Balaban J connectivity index is 2.27. The van der Waals surface area contributed by atoms with Crippen LogP contribution in [0.3, 0.4) is 0 Å². The van der Waals surface area contributed by atoms with Crippen molar-refractivity contribution in [1.29, 1.82) is 0 Å². The van der Waals surface area contributed by atoms with Crippen LogP contribution in [0.25, 0.3) is 0 Å². The molecule has 0 aliphatic rings. The van der Waals surface area contributed by atoms with Crippen LogP contribution in [0.2, 0.25) is 0 Å². The summed E-state index contributed by atoms with van der Waals surface area (Å²) in [5.74, 6) is 0. The highest BCUT2D eigenvalue weighted by molar-refractivity contribution is 9.10. The Morgan fingerprint density at radius 3 is 2.67 bits per heavy atom. The number of nitrogens with zero attached hydrogens (tertiary/aromatic N) is 3. The lowest BCUT2D eigenvalue weighted by atomic mass is 10.2. The molecular weight excluding hydrogens is 258 g/mol. The molecule has 0 bridgehead atoms. The normalized spacial score (nSPS) is 10.3. The minimum absolute atomic E-state index is 0.505. The molecule has 5 heteroatoms. The van der Waals surface area contributed by atoms with E-state index < -0.39 is 0 Å². The molecule has 0 spiro atoms. The first-order valence-electron chi connectivity index (χ1n) is 4.48. The molecule has 1 aromatic carbocycles. The van der Waals surface area contributed by atoms with Crippen molar-refractivity contribution < 1.29 is 4.74 Å². The summed E-state index contributed by atoms with van der Waals surface area (Å²) >= 11 is 3.32. The minimum atomic E-state index is 0.505. The predicted octanol–water partition coefficient (Wildman–Crippen LogP) is 2.10. The molecule has 0 unspecified atom stereocenters. The maximum atomic E-state index is 5.10. The van der Waals surface area contributed by atoms with E-state index in [9.17, 15) is 0 Å². The number of methoxy groups -OCH3 is 1. The van der Waals surface area contributed by atoms with Crippen LogP contribution in [0.1, 0.15) is 5.56 Å². The number of hydrogen-bond donors (Lipinski definition) is 0. The zero-order valence-electron chi connectivity index (χ0n) is 8.22. The minimum Gasteiger partial charge on any atom is -0.467 e. The smallest absolute Gasteiger partial charge is 0.317 e. The van der Waals surface area contributed by atoms with E-state index in [1.54, 1.807) is 7.11 Å². The highest BCUT2D eigenvalue weighted by Gasteiger charge is 2.09. The predicted molar refractivity (Wildman–Crippen MR) is 59.8 cm³/mol. The molecule has 4 nitrogen and oxygen atoms in total. The fourth-order valence-electron chi connectivity index (χ4n) is 1.32. The molecule has 0 amide bonds. The highest BCUT2D eigenvalue weighted by Crippen LogP contribution is 2.17. The van der Waals surface area contributed by atoms with Crippen LogP contribution in [0.4, 0.5) is 0 Å². The molecule has 0 atom stereocenters. The number of aromatic nitrogens is 3. The molecule has 78 valence electrons. The average Bonchev–Trinajstić information content (AvgIpc) is 2.62. The Hall–Kier alpha value is -1.36. The molecule has 2 aromatic rings. The Kier molecular flexibility index (Phi) is 3.01. The van der Waals surface area contributed by atoms with Gasteiger partial charge in [0.05, 0.1) is 13.7 Å². The van der Waals surface area contributed by atoms with Gasteiger partial charge in [0.25, 0.3) is 0 Å². The van der Waals surface area contributed by atoms with Crippen molar-refractivity contribution >= 4 is 15.9 Å². The van der Waals surface area contributed by atoms with E-state index in [0.29, 0.717) is 17.3 Å². The fraction of sp³-hybridized carbons (Fsp3) is 0.200. The molecule has 0 fully saturated rings. The zero-order valence-corrected chi connectivity index (χ0v) is 9.81. The molecule has 2 rings (SSSR count). The van der Waals surface area contributed by atoms with E-state index in [0.717, 1.165) is 0 Å². The maximum absolute atomic E-state index is 5.10. The van der Waals surface area contributed by atoms with Crippen LogP contribution in [0, 0.1) is 0 Å². The summed E-state index contributed by atoms with van der Waals surface area (Å²) in [5.41, 5.74) is 1.18. The van der Waals surface area contributed by atoms with E-state index in [1.807, 2.05) is 34.9 Å². The van der Waals surface area contributed by atoms with Crippen molar-refractivity contribution in [1.82, 2.24) is 14.8 Å². The molecule has 0 aliphatic carbocycles. The monoisotopic (exact) mass is 267 g/mol. The standard InChI is InChI=1S/C10H10BrN3O/c1-15-10-13-12-9(11)14(10)7-8-5-3-2-4-6-8/h2-6H,7H2,1H3. The van der Waals surface area contributed by atoms with E-state index >= 15 is 0 Å². The van der Waals surface area contributed by atoms with Crippen molar-refractivity contribution in [2.45, 2.75) is 6.54 Å². The van der Waals surface area contributed by atoms with Gasteiger partial charge < -0.3 is 4.74 Å². The molecule has 0 N–H and O–H groups in total. The summed E-state index contributed by atoms with van der Waals surface area (Å²) in [5, 5.41) is 7.76. The molecule has 1 heterocycles. The van der Waals surface area contributed by atoms with E-state index in [1.165, 1.54) is 5.56 Å². The lowest BCUT2D eigenvalue weighted by Gasteiger charge is -2.05. The van der Waals surface area contributed by atoms with Gasteiger partial charge in [-0.05, 0) is 21.5 Å². The second-order valence-corrected chi connectivity index (χ2v) is 3.74. The summed E-state index contributed by atoms with van der Waals surface area (Å²) in [6.45, 7) is 0.692. The lowest BCUT2D eigenvalue weighted by Crippen LogP contribution is -2.02. The van der Waals surface area contributed by atoms with Gasteiger partial charge in [0.2, 0.25) is 4.73 Å². The Labute approximate surface area is 96.0 Å². The van der Waals surface area contributed by atoms with Crippen LogP contribution in [0.5, 0.6) is 6.01 Å². The van der Waals surface area contributed by atoms with E-state index in [2.05, 4.69) is 26.1 Å². The van der Waals surface area contributed by atoms with Gasteiger partial charge in [-0.2, -0.15) is 0 Å². The van der Waals surface area contributed by atoms with Crippen molar-refractivity contribution in [3.05, 3.63) is 40.6 Å². The number of hydrogen-bond acceptors (Lipinski definition) is 3. The summed E-state index contributed by atoms with van der Waals surface area (Å²) in [4.78, 5) is 0. The lowest BCUT2D eigenvalue weighted by molar-refractivity contribution is 0.359. The van der Waals surface area contributed by atoms with Gasteiger partial charge in [0, 0.05) is 0 Å². The molecule has 0 saturated carbocycles. The number of halogens is 1. The van der Waals surface area contributed by atoms with Gasteiger partial charge in [0.1, 0.15) is 0 Å². The second-order valence-electron chi connectivity index (χ2n) is 3.03. The Morgan fingerprint density at radius 1 is 1.27 bits per heavy atom. The summed E-state index contributed by atoms with van der Waals surface area (Å²) in [6, 6.07) is 10.6. The van der Waals surface area contributed by atoms with Crippen LogP contribution < -0.4 is 4.74 Å². The van der Waals surface area contributed by atoms with Gasteiger partial charge in [-0.1, -0.05) is 35.4 Å². The van der Waals surface area contributed by atoms with Gasteiger partial charge >= 0.3 is 6.01 Å². The molecule has 15 heavy (non-hydrogen) atoms. The van der Waals surface area contributed by atoms with Gasteiger partial charge in [-0.25, -0.2) is 0 Å². The Morgan fingerprint density at radius 2 is 2.00 bits per heavy atom. The quantitative estimate of drug-likeness (QED) is 0.855. The third kappa shape index (κ3) is 2.18. The van der Waals surface area contributed by atoms with E-state index in [-0.39, 0.29) is 0 Å². The topological polar surface area (TPSA) is 39.9 Å². The number of rotatable bonds is 3. The molecule has 0 aliphatic heterocycles. The molecular formula is C10H10BrN3O. The second kappa shape index (κ2) is 4.44. The average molecular weight is 268 g/mol. The van der Waals surface area contributed by atoms with Crippen molar-refractivity contribution in [2.75, 3.05) is 7.11 Å². The van der Waals surface area contributed by atoms with Crippen LogP contribution in [-0.4, -0.2) is 21.9 Å². The van der Waals surface area contributed by atoms with Gasteiger partial charge in [-0.15, -0.1) is 5.10 Å². The first kappa shape index (κ1) is 10.2. The summed E-state index contributed by atoms with van der Waals surface area (Å²) in [7, 11) is 1.58. The third-order valence-electron chi connectivity index (χ3n) is 2.04. The summed E-state index contributed by atoms with van der Waals surface area (Å²) < 4.78 is 7.62. The number of ether oxygens (including phenoxy) is 1. The van der Waals surface area contributed by atoms with Crippen LogP contribution in [0.15, 0.2) is 35.1 Å². The zero-order chi connectivity index (χ0) is 10.7. The van der Waals surface area contributed by atoms with Gasteiger partial charge in [0.15, 0.2) is 0 Å².